The van der Waals surface area contributed by atoms with Gasteiger partial charge in [0, 0.05) is 24.9 Å². The minimum Gasteiger partial charge on any atom is -0.360 e. The van der Waals surface area contributed by atoms with E-state index in [1.54, 1.807) is 0 Å². The second kappa shape index (κ2) is 6.56. The zero-order valence-corrected chi connectivity index (χ0v) is 12.9. The molecule has 2 aliphatic rings. The fraction of sp³-hybridized carbons (Fsp3) is 1.00. The molecule has 0 aromatic rings. The number of likely N-dealkylation sites (tertiary alicyclic amines) is 1. The first-order chi connectivity index (χ1) is 7.99. The Bertz CT molecular complexity index is 242. The van der Waals surface area contributed by atoms with Gasteiger partial charge in [-0.05, 0) is 32.9 Å². The highest BCUT2D eigenvalue weighted by Gasteiger charge is 2.35. The average Bonchev–Trinajstić information content (AvgIpc) is 2.33. The molecule has 2 aliphatic heterocycles. The van der Waals surface area contributed by atoms with Gasteiger partial charge in [-0.1, -0.05) is 20.3 Å². The standard InChI is InChI=1S/C14H28N2O.ClH/c1-13(2)11-15-14(3,17-12-13)7-10-16-8-5-4-6-9-16;/h15H,4-12H2,1-3H3;1H. The summed E-state index contributed by atoms with van der Waals surface area (Å²) < 4.78 is 6.03. The van der Waals surface area contributed by atoms with Crippen molar-refractivity contribution in [3.05, 3.63) is 0 Å². The summed E-state index contributed by atoms with van der Waals surface area (Å²) in [5, 5.41) is 3.58. The van der Waals surface area contributed by atoms with E-state index in [4.69, 9.17) is 4.74 Å². The summed E-state index contributed by atoms with van der Waals surface area (Å²) in [7, 11) is 0. The van der Waals surface area contributed by atoms with Crippen LogP contribution >= 0.6 is 12.4 Å². The van der Waals surface area contributed by atoms with E-state index in [0.29, 0.717) is 0 Å². The lowest BCUT2D eigenvalue weighted by molar-refractivity contribution is -0.132. The maximum absolute atomic E-state index is 6.03. The van der Waals surface area contributed by atoms with E-state index in [1.807, 2.05) is 0 Å². The second-order valence-electron chi connectivity index (χ2n) is 6.69. The van der Waals surface area contributed by atoms with Gasteiger partial charge in [0.15, 0.2) is 0 Å². The normalized spacial score (nSPS) is 32.8. The van der Waals surface area contributed by atoms with Crippen molar-refractivity contribution in [1.82, 2.24) is 10.2 Å². The van der Waals surface area contributed by atoms with Crippen LogP contribution in [-0.4, -0.2) is 43.4 Å². The molecule has 1 N–H and O–H groups in total. The van der Waals surface area contributed by atoms with Crippen LogP contribution in [0.5, 0.6) is 0 Å². The van der Waals surface area contributed by atoms with Crippen molar-refractivity contribution in [2.75, 3.05) is 32.8 Å². The Kier molecular flexibility index (Phi) is 5.91. The maximum atomic E-state index is 6.03. The Balaban J connectivity index is 0.00000162. The number of nitrogens with one attached hydrogen (secondary N) is 1. The van der Waals surface area contributed by atoms with Crippen LogP contribution in [0.1, 0.15) is 46.5 Å². The van der Waals surface area contributed by atoms with Gasteiger partial charge >= 0.3 is 0 Å². The summed E-state index contributed by atoms with van der Waals surface area (Å²) in [5.41, 5.74) is 0.178. The van der Waals surface area contributed by atoms with Crippen molar-refractivity contribution in [2.24, 2.45) is 5.41 Å². The van der Waals surface area contributed by atoms with Gasteiger partial charge in [0.2, 0.25) is 0 Å². The van der Waals surface area contributed by atoms with E-state index in [-0.39, 0.29) is 23.5 Å². The summed E-state index contributed by atoms with van der Waals surface area (Å²) in [6, 6.07) is 0. The van der Waals surface area contributed by atoms with E-state index in [9.17, 15) is 0 Å². The van der Waals surface area contributed by atoms with Gasteiger partial charge < -0.3 is 9.64 Å². The van der Waals surface area contributed by atoms with E-state index in [0.717, 1.165) is 19.6 Å². The van der Waals surface area contributed by atoms with Crippen molar-refractivity contribution in [2.45, 2.75) is 52.2 Å². The van der Waals surface area contributed by atoms with E-state index < -0.39 is 0 Å². The molecule has 0 bridgehead atoms. The van der Waals surface area contributed by atoms with Crippen LogP contribution in [0.3, 0.4) is 0 Å². The van der Waals surface area contributed by atoms with Gasteiger partial charge in [0.05, 0.1) is 6.61 Å². The molecule has 2 heterocycles. The number of nitrogens with zero attached hydrogens (tertiary/aromatic N) is 1. The lowest BCUT2D eigenvalue weighted by Gasteiger charge is -2.43. The van der Waals surface area contributed by atoms with E-state index >= 15 is 0 Å². The molecule has 2 saturated heterocycles. The smallest absolute Gasteiger partial charge is 0.117 e. The molecular formula is C14H29ClN2O. The van der Waals surface area contributed by atoms with Crippen molar-refractivity contribution >= 4 is 12.4 Å². The highest BCUT2D eigenvalue weighted by molar-refractivity contribution is 5.85. The number of piperidine rings is 1. The van der Waals surface area contributed by atoms with E-state index in [1.165, 1.54) is 38.9 Å². The second-order valence-corrected chi connectivity index (χ2v) is 6.69. The topological polar surface area (TPSA) is 24.5 Å². The first-order valence-corrected chi connectivity index (χ1v) is 7.11. The third-order valence-electron chi connectivity index (χ3n) is 4.08. The van der Waals surface area contributed by atoms with Gasteiger partial charge in [0.25, 0.3) is 0 Å². The van der Waals surface area contributed by atoms with Crippen LogP contribution in [0.15, 0.2) is 0 Å². The molecule has 0 aromatic carbocycles. The summed E-state index contributed by atoms with van der Waals surface area (Å²) in [6.45, 7) is 12.4. The van der Waals surface area contributed by atoms with Gasteiger partial charge in [-0.15, -0.1) is 12.4 Å². The maximum Gasteiger partial charge on any atom is 0.117 e. The SMILES string of the molecule is CC1(C)CNC(C)(CCN2CCCCC2)OC1.Cl. The van der Waals surface area contributed by atoms with Gasteiger partial charge in [0.1, 0.15) is 5.72 Å². The first-order valence-electron chi connectivity index (χ1n) is 7.11. The molecular weight excluding hydrogens is 248 g/mol. The predicted molar refractivity (Wildman–Crippen MR) is 78.3 cm³/mol. The van der Waals surface area contributed by atoms with Gasteiger partial charge in [-0.25, -0.2) is 0 Å². The molecule has 108 valence electrons. The number of rotatable bonds is 3. The highest BCUT2D eigenvalue weighted by Crippen LogP contribution is 2.26. The third kappa shape index (κ3) is 4.69. The van der Waals surface area contributed by atoms with E-state index in [2.05, 4.69) is 31.0 Å². The van der Waals surface area contributed by atoms with Crippen molar-refractivity contribution in [1.29, 1.82) is 0 Å². The molecule has 3 nitrogen and oxygen atoms in total. The molecule has 0 spiro atoms. The van der Waals surface area contributed by atoms with Crippen molar-refractivity contribution in [3.63, 3.8) is 0 Å². The number of halogens is 1. The fourth-order valence-electron chi connectivity index (χ4n) is 2.60. The molecule has 1 unspecified atom stereocenters. The highest BCUT2D eigenvalue weighted by atomic mass is 35.5. The monoisotopic (exact) mass is 276 g/mol. The van der Waals surface area contributed by atoms with Crippen molar-refractivity contribution in [3.8, 4) is 0 Å². The molecule has 0 amide bonds. The Morgan fingerprint density at radius 1 is 1.11 bits per heavy atom. The minimum atomic E-state index is -0.104. The number of hydrogen-bond acceptors (Lipinski definition) is 3. The summed E-state index contributed by atoms with van der Waals surface area (Å²) in [5.74, 6) is 0. The molecule has 0 aliphatic carbocycles. The Labute approximate surface area is 118 Å². The van der Waals surface area contributed by atoms with Crippen LogP contribution < -0.4 is 5.32 Å². The lowest BCUT2D eigenvalue weighted by Crippen LogP contribution is -2.56. The van der Waals surface area contributed by atoms with Crippen molar-refractivity contribution < 1.29 is 4.74 Å². The van der Waals surface area contributed by atoms with Crippen LogP contribution in [0, 0.1) is 5.41 Å². The zero-order chi connectivity index (χ0) is 12.4. The van der Waals surface area contributed by atoms with Crippen LogP contribution in [0.2, 0.25) is 0 Å². The Morgan fingerprint density at radius 3 is 2.33 bits per heavy atom. The quantitative estimate of drug-likeness (QED) is 0.858. The molecule has 4 heteroatoms. The molecule has 0 saturated carbocycles. The van der Waals surface area contributed by atoms with Crippen LogP contribution in [0.25, 0.3) is 0 Å². The molecule has 2 rings (SSSR count). The minimum absolute atomic E-state index is 0. The summed E-state index contributed by atoms with van der Waals surface area (Å²) in [6.07, 6.45) is 5.26. The van der Waals surface area contributed by atoms with Gasteiger partial charge in [-0.3, -0.25) is 5.32 Å². The summed E-state index contributed by atoms with van der Waals surface area (Å²) >= 11 is 0. The zero-order valence-electron chi connectivity index (χ0n) is 12.1. The molecule has 18 heavy (non-hydrogen) atoms. The third-order valence-corrected chi connectivity index (χ3v) is 4.08. The Morgan fingerprint density at radius 2 is 1.78 bits per heavy atom. The molecule has 1 atom stereocenters. The summed E-state index contributed by atoms with van der Waals surface area (Å²) in [4.78, 5) is 2.58. The fourth-order valence-corrected chi connectivity index (χ4v) is 2.60. The van der Waals surface area contributed by atoms with Crippen LogP contribution in [-0.2, 0) is 4.74 Å². The van der Waals surface area contributed by atoms with Gasteiger partial charge in [-0.2, -0.15) is 0 Å². The first kappa shape index (κ1) is 16.2. The number of ether oxygens (including phenoxy) is 1. The largest absolute Gasteiger partial charge is 0.360 e. The lowest BCUT2D eigenvalue weighted by atomic mass is 9.91. The Hall–Kier alpha value is 0.170. The molecule has 2 fully saturated rings. The number of hydrogen-bond donors (Lipinski definition) is 1. The molecule has 0 aromatic heterocycles. The van der Waals surface area contributed by atoms with Crippen LogP contribution in [0.4, 0.5) is 0 Å². The average molecular weight is 277 g/mol. The predicted octanol–water partition coefficient (Wildman–Crippen LogP) is 2.65. The molecule has 0 radical (unpaired) electrons.